The first kappa shape index (κ1) is 93.3. The van der Waals surface area contributed by atoms with Gasteiger partial charge in [-0.3, -0.25) is 19.2 Å². The lowest BCUT2D eigenvalue weighted by Crippen LogP contribution is -2.44. The van der Waals surface area contributed by atoms with Gasteiger partial charge in [-0.25, -0.2) is 44.9 Å². The molecule has 0 radical (unpaired) electrons. The number of aliphatic carboxylic acids is 4. The third kappa shape index (κ3) is 21.7. The molecule has 8 aromatic rings. The lowest BCUT2D eigenvalue weighted by Gasteiger charge is -2.40. The maximum Gasteiger partial charge on any atom is 0.316 e. The van der Waals surface area contributed by atoms with E-state index in [-0.39, 0.29) is 0 Å². The van der Waals surface area contributed by atoms with Gasteiger partial charge in [-0.15, -0.1) is 0 Å². The van der Waals surface area contributed by atoms with Crippen LogP contribution in [0, 0.1) is 17.2 Å². The Morgan fingerprint density at radius 2 is 0.717 bits per heavy atom. The molecular weight excluding hydrogens is 1640 g/mol. The first-order chi connectivity index (χ1) is 61.6. The summed E-state index contributed by atoms with van der Waals surface area (Å²) in [5.74, 6) is 1.19. The lowest BCUT2D eigenvalue weighted by molar-refractivity contribution is -0.148. The highest BCUT2D eigenvalue weighted by Gasteiger charge is 2.50. The molecular formula is C94H121ClN18O14. The Morgan fingerprint density at radius 3 is 0.976 bits per heavy atom. The van der Waals surface area contributed by atoms with Crippen LogP contribution in [0.2, 0.25) is 5.02 Å². The van der Waals surface area contributed by atoms with Gasteiger partial charge >= 0.3 is 35.9 Å². The maximum absolute atomic E-state index is 12.2. The van der Waals surface area contributed by atoms with Gasteiger partial charge in [0.15, 0.2) is 23.3 Å². The van der Waals surface area contributed by atoms with Crippen molar-refractivity contribution in [2.45, 2.75) is 223 Å². The molecule has 1 aromatic carbocycles. The SMILES string of the molecule is CCN(c1ncc(C2(C(=O)O)CCC2)cc1Nc1ccc(C#N)cc1)C1CCOCC1.CCN(c1ncc(C2(C(=O)O)CCC2)cc1Nc1ccc(Cl)cn1)C1CCOCC1.CCOc1ncc(Nc2cc(C3(C(=O)O)CCC3)cnc2N(CC(C)C)C2CCOCC2)cn1.CCOc1ncc(Nc2cc(C3(C(=O)O)CCC3)cnc2N(CC)C2CCOCC2)cn1. The Kier molecular flexibility index (Phi) is 31.9. The molecule has 4 aliphatic carbocycles. The number of carboxylic acids is 4. The van der Waals surface area contributed by atoms with Crippen molar-refractivity contribution in [2.75, 3.05) is 133 Å². The van der Waals surface area contributed by atoms with Crippen molar-refractivity contribution in [3.8, 4) is 18.1 Å². The monoisotopic (exact) mass is 1760 g/mol. The van der Waals surface area contributed by atoms with Crippen molar-refractivity contribution in [1.29, 1.82) is 5.26 Å². The number of nitrogens with zero attached hydrogens (tertiary/aromatic N) is 14. The third-order valence-corrected chi connectivity index (χ3v) is 26.2. The standard InChI is InChI=1S/C25H35N5O4.C24H28N4O3.C23H31N5O4.C22H27ClN4O3/c1-4-34-24-27-14-19(15-28-24)29-21-12-18(25(23(31)32)8-5-9-25)13-26-22(21)30(16-17(2)3)20-6-10-33-11-7-20;1-2-28(20-8-12-31-13-9-20)22-21(27-19-6-4-17(15-25)5-7-19)14-18(16-26-22)24(23(29)30)10-3-11-24;1-3-28(18-6-10-31-11-7-18)20-19(27-17-14-25-22(26-15-17)32-4-2)12-16(13-24-20)23(21(29)30)8-5-9-23;1-2-27(17-6-10-30-11-7-17)20-18(26-19-5-4-16(23)14-24-19)12-15(13-25-20)22(21(28)29)8-3-9-22/h12-15,17,20,29H,4-11,16H2,1-3H3,(H,31,32);4-7,14,16,20,27H,2-3,8-13H2,1H3,(H,29,30);12-15,18,27H,3-11H2,1-2H3,(H,29,30);4-5,12-14,17H,2-3,6-11H2,1H3,(H,24,26)(H,28,29). The van der Waals surface area contributed by atoms with Crippen LogP contribution < -0.4 is 50.3 Å². The topological polar surface area (TPSA) is 405 Å². The van der Waals surface area contributed by atoms with Gasteiger partial charge in [-0.1, -0.05) is 51.1 Å². The minimum absolute atomic E-state index is 0.309. The number of carbonyl (C=O) groups is 4. The molecule has 127 heavy (non-hydrogen) atoms. The lowest BCUT2D eigenvalue weighted by atomic mass is 9.65. The number of carboxylic acid groups (broad SMARTS) is 4. The van der Waals surface area contributed by atoms with E-state index in [0.29, 0.717) is 134 Å². The summed E-state index contributed by atoms with van der Waals surface area (Å²) in [5.41, 5.74) is 5.45. The molecule has 0 unspecified atom stereocenters. The smallest absolute Gasteiger partial charge is 0.316 e. The fourth-order valence-electron chi connectivity index (χ4n) is 18.2. The van der Waals surface area contributed by atoms with Crippen molar-refractivity contribution >= 4 is 104 Å². The summed E-state index contributed by atoms with van der Waals surface area (Å²) < 4.78 is 32.9. The van der Waals surface area contributed by atoms with E-state index in [1.54, 1.807) is 80.0 Å². The Morgan fingerprint density at radius 1 is 0.417 bits per heavy atom. The molecule has 0 bridgehead atoms. The zero-order chi connectivity index (χ0) is 89.7. The van der Waals surface area contributed by atoms with E-state index in [1.807, 2.05) is 50.2 Å². The van der Waals surface area contributed by atoms with Gasteiger partial charge in [0.1, 0.15) is 5.82 Å². The fourth-order valence-corrected chi connectivity index (χ4v) is 18.3. The molecule has 7 aromatic heterocycles. The number of hydrogen-bond donors (Lipinski definition) is 8. The largest absolute Gasteiger partial charge is 0.481 e. The number of rotatable bonds is 33. The van der Waals surface area contributed by atoms with Gasteiger partial charge in [-0.05, 0) is 226 Å². The number of benzene rings is 1. The second-order valence-corrected chi connectivity index (χ2v) is 34.5. The zero-order valence-electron chi connectivity index (χ0n) is 73.9. The Hall–Kier alpha value is -11.4. The number of ether oxygens (including phenoxy) is 6. The van der Waals surface area contributed by atoms with E-state index >= 15 is 0 Å². The summed E-state index contributed by atoms with van der Waals surface area (Å²) in [6.45, 7) is 24.6. The number of nitrogens with one attached hydrogen (secondary N) is 4. The maximum atomic E-state index is 12.2. The van der Waals surface area contributed by atoms with Crippen LogP contribution in [-0.2, 0) is 59.8 Å². The van der Waals surface area contributed by atoms with Crippen LogP contribution in [0.5, 0.6) is 12.0 Å². The van der Waals surface area contributed by atoms with Crippen molar-refractivity contribution in [1.82, 2.24) is 44.9 Å². The van der Waals surface area contributed by atoms with Gasteiger partial charge in [0.2, 0.25) is 0 Å². The summed E-state index contributed by atoms with van der Waals surface area (Å²) in [6, 6.07) is 22.7. The van der Waals surface area contributed by atoms with Gasteiger partial charge < -0.3 is 89.7 Å². The quantitative estimate of drug-likeness (QED) is 0.0189. The van der Waals surface area contributed by atoms with Crippen molar-refractivity contribution in [3.05, 3.63) is 149 Å². The molecule has 8 aliphatic rings. The second-order valence-electron chi connectivity index (χ2n) is 34.0. The number of aromatic nitrogens is 9. The van der Waals surface area contributed by atoms with Crippen LogP contribution in [0.4, 0.5) is 68.9 Å². The van der Waals surface area contributed by atoms with E-state index in [9.17, 15) is 39.6 Å². The van der Waals surface area contributed by atoms with Crippen molar-refractivity contribution in [2.24, 2.45) is 5.92 Å². The minimum atomic E-state index is -0.862. The van der Waals surface area contributed by atoms with Crippen LogP contribution in [0.25, 0.3) is 0 Å². The predicted octanol–water partition coefficient (Wildman–Crippen LogP) is 16.3. The number of anilines is 12. The highest BCUT2D eigenvalue weighted by molar-refractivity contribution is 6.30. The summed E-state index contributed by atoms with van der Waals surface area (Å²) >= 11 is 5.98. The molecule has 8 N–H and O–H groups in total. The first-order valence-corrected chi connectivity index (χ1v) is 45.4. The molecule has 0 spiro atoms. The molecule has 4 saturated carbocycles. The van der Waals surface area contributed by atoms with Gasteiger partial charge in [0.25, 0.3) is 0 Å². The van der Waals surface area contributed by atoms with E-state index in [0.717, 1.165) is 230 Å². The number of pyridine rings is 5. The minimum Gasteiger partial charge on any atom is -0.481 e. The number of nitriles is 1. The molecule has 8 fully saturated rings. The van der Waals surface area contributed by atoms with Crippen LogP contribution in [0.15, 0.2) is 116 Å². The fraction of sp³-hybridized carbons (Fsp3) is 0.532. The molecule has 32 nitrogen and oxygen atoms in total. The normalized spacial score (nSPS) is 18.0. The van der Waals surface area contributed by atoms with Gasteiger partial charge in [0, 0.05) is 140 Å². The van der Waals surface area contributed by atoms with Gasteiger partial charge in [0.05, 0.1) is 110 Å². The third-order valence-electron chi connectivity index (χ3n) is 26.0. The van der Waals surface area contributed by atoms with Gasteiger partial charge in [-0.2, -0.15) is 5.26 Å². The van der Waals surface area contributed by atoms with E-state index in [4.69, 9.17) is 65.2 Å². The van der Waals surface area contributed by atoms with Crippen LogP contribution in [0.3, 0.4) is 0 Å². The van der Waals surface area contributed by atoms with Crippen LogP contribution in [-0.4, -0.2) is 206 Å². The predicted molar refractivity (Wildman–Crippen MR) is 486 cm³/mol. The molecule has 678 valence electrons. The average molecular weight is 1760 g/mol. The number of hydrogen-bond acceptors (Lipinski definition) is 28. The van der Waals surface area contributed by atoms with E-state index in [1.165, 1.54) is 0 Å². The van der Waals surface area contributed by atoms with Crippen molar-refractivity contribution in [3.63, 3.8) is 0 Å². The average Bonchev–Trinajstić information content (AvgIpc) is 0.767. The Labute approximate surface area is 747 Å². The highest BCUT2D eigenvalue weighted by atomic mass is 35.5. The van der Waals surface area contributed by atoms with Crippen LogP contribution in [0.1, 0.15) is 205 Å². The Bertz CT molecular complexity index is 5010. The van der Waals surface area contributed by atoms with Crippen LogP contribution >= 0.6 is 11.6 Å². The molecule has 4 saturated heterocycles. The molecule has 0 atom stereocenters. The summed E-state index contributed by atoms with van der Waals surface area (Å²) in [7, 11) is 0. The second kappa shape index (κ2) is 43.4. The molecule has 4 aliphatic heterocycles. The molecule has 33 heteroatoms. The molecule has 0 amide bonds. The van der Waals surface area contributed by atoms with Crippen molar-refractivity contribution < 1.29 is 68.0 Å². The summed E-state index contributed by atoms with van der Waals surface area (Å²) in [5, 5.41) is 62.9. The Balaban J connectivity index is 0.000000145. The first-order valence-electron chi connectivity index (χ1n) is 45.0. The summed E-state index contributed by atoms with van der Waals surface area (Å²) in [4.78, 5) is 98.1. The number of halogens is 1. The van der Waals surface area contributed by atoms with E-state index in [2.05, 4.69) is 106 Å². The summed E-state index contributed by atoms with van der Waals surface area (Å²) in [6.07, 6.45) is 31.4. The molecule has 11 heterocycles. The van der Waals surface area contributed by atoms with E-state index < -0.39 is 45.5 Å². The highest BCUT2D eigenvalue weighted by Crippen LogP contribution is 2.51. The zero-order valence-corrected chi connectivity index (χ0v) is 74.7. The molecule has 16 rings (SSSR count).